The molecule has 4 heteroatoms. The molecule has 0 amide bonds. The molecule has 0 radical (unpaired) electrons. The minimum Gasteiger partial charge on any atom is -0.325 e. The Labute approximate surface area is 115 Å². The van der Waals surface area contributed by atoms with E-state index in [1.54, 1.807) is 0 Å². The van der Waals surface area contributed by atoms with E-state index in [0.29, 0.717) is 0 Å². The van der Waals surface area contributed by atoms with Gasteiger partial charge in [0, 0.05) is 16.4 Å². The van der Waals surface area contributed by atoms with Crippen molar-refractivity contribution in [3.63, 3.8) is 0 Å². The lowest BCUT2D eigenvalue weighted by Crippen LogP contribution is -1.97. The first kappa shape index (κ1) is 11.7. The molecule has 1 saturated carbocycles. The normalized spacial score (nSPS) is 14.6. The molecule has 0 bridgehead atoms. The minimum atomic E-state index is 0.741. The zero-order valence-corrected chi connectivity index (χ0v) is 11.7. The van der Waals surface area contributed by atoms with Crippen molar-refractivity contribution in [2.24, 2.45) is 0 Å². The number of rotatable bonds is 3. The zero-order chi connectivity index (χ0) is 12.5. The molecule has 2 aromatic heterocycles. The Morgan fingerprint density at radius 1 is 1.22 bits per heavy atom. The molecular formula is C14H14BrN3. The van der Waals surface area contributed by atoms with Gasteiger partial charge in [-0.05, 0) is 55.5 Å². The second kappa shape index (κ2) is 4.69. The largest absolute Gasteiger partial charge is 0.325 e. The number of pyridine rings is 2. The van der Waals surface area contributed by atoms with Gasteiger partial charge in [0.05, 0.1) is 0 Å². The molecule has 3 nitrogen and oxygen atoms in total. The van der Waals surface area contributed by atoms with Crippen LogP contribution in [0.25, 0.3) is 0 Å². The lowest BCUT2D eigenvalue weighted by atomic mass is 10.2. The van der Waals surface area contributed by atoms with Crippen molar-refractivity contribution in [3.05, 3.63) is 46.2 Å². The Hall–Kier alpha value is -1.42. The van der Waals surface area contributed by atoms with Gasteiger partial charge >= 0.3 is 0 Å². The summed E-state index contributed by atoms with van der Waals surface area (Å²) in [7, 11) is 0. The standard InChI is InChI=1S/C14H14BrN3/c1-9-6-12(15)8-14(17-9)18-13-7-11(4-5-16-13)10-2-3-10/h4-8,10H,2-3H2,1H3,(H,16,17,18). The van der Waals surface area contributed by atoms with Crippen molar-refractivity contribution in [1.29, 1.82) is 0 Å². The van der Waals surface area contributed by atoms with Crippen LogP contribution in [0.1, 0.15) is 30.0 Å². The smallest absolute Gasteiger partial charge is 0.132 e. The van der Waals surface area contributed by atoms with Crippen LogP contribution in [0, 0.1) is 6.92 Å². The maximum Gasteiger partial charge on any atom is 0.132 e. The second-order valence-corrected chi connectivity index (χ2v) is 5.60. The number of hydrogen-bond acceptors (Lipinski definition) is 3. The number of nitrogens with one attached hydrogen (secondary N) is 1. The molecule has 92 valence electrons. The summed E-state index contributed by atoms with van der Waals surface area (Å²) >= 11 is 3.47. The zero-order valence-electron chi connectivity index (χ0n) is 10.2. The number of aryl methyl sites for hydroxylation is 1. The molecule has 0 unspecified atom stereocenters. The van der Waals surface area contributed by atoms with Crippen LogP contribution < -0.4 is 5.32 Å². The molecule has 1 fully saturated rings. The van der Waals surface area contributed by atoms with E-state index >= 15 is 0 Å². The Kier molecular flexibility index (Phi) is 3.04. The van der Waals surface area contributed by atoms with Crippen LogP contribution in [0.2, 0.25) is 0 Å². The highest BCUT2D eigenvalue weighted by atomic mass is 79.9. The van der Waals surface area contributed by atoms with Gasteiger partial charge in [-0.2, -0.15) is 0 Å². The molecule has 1 N–H and O–H groups in total. The van der Waals surface area contributed by atoms with Gasteiger partial charge in [-0.3, -0.25) is 0 Å². The van der Waals surface area contributed by atoms with Crippen LogP contribution in [-0.4, -0.2) is 9.97 Å². The fourth-order valence-corrected chi connectivity index (χ4v) is 2.56. The van der Waals surface area contributed by atoms with E-state index in [4.69, 9.17) is 0 Å². The van der Waals surface area contributed by atoms with Crippen molar-refractivity contribution in [3.8, 4) is 0 Å². The molecule has 0 saturated heterocycles. The van der Waals surface area contributed by atoms with Crippen molar-refractivity contribution in [2.75, 3.05) is 5.32 Å². The molecule has 0 aliphatic heterocycles. The van der Waals surface area contributed by atoms with E-state index in [1.807, 2.05) is 25.3 Å². The van der Waals surface area contributed by atoms with E-state index in [0.717, 1.165) is 27.7 Å². The maximum atomic E-state index is 4.44. The first-order valence-electron chi connectivity index (χ1n) is 6.08. The topological polar surface area (TPSA) is 37.8 Å². The van der Waals surface area contributed by atoms with Gasteiger partial charge in [0.2, 0.25) is 0 Å². The van der Waals surface area contributed by atoms with Crippen molar-refractivity contribution in [1.82, 2.24) is 9.97 Å². The van der Waals surface area contributed by atoms with Crippen LogP contribution in [-0.2, 0) is 0 Å². The average molecular weight is 304 g/mol. The van der Waals surface area contributed by atoms with E-state index < -0.39 is 0 Å². The Morgan fingerprint density at radius 2 is 2.06 bits per heavy atom. The van der Waals surface area contributed by atoms with E-state index in [2.05, 4.69) is 43.3 Å². The van der Waals surface area contributed by atoms with Crippen molar-refractivity contribution >= 4 is 27.6 Å². The fraction of sp³-hybridized carbons (Fsp3) is 0.286. The van der Waals surface area contributed by atoms with Crippen LogP contribution in [0.3, 0.4) is 0 Å². The summed E-state index contributed by atoms with van der Waals surface area (Å²) in [5, 5.41) is 3.26. The number of nitrogens with zero attached hydrogens (tertiary/aromatic N) is 2. The molecule has 0 spiro atoms. The first-order valence-corrected chi connectivity index (χ1v) is 6.87. The number of halogens is 1. The molecule has 1 aliphatic rings. The first-order chi connectivity index (χ1) is 8.70. The minimum absolute atomic E-state index is 0.741. The number of anilines is 2. The summed E-state index contributed by atoms with van der Waals surface area (Å²) in [6.45, 7) is 1.98. The van der Waals surface area contributed by atoms with Gasteiger partial charge in [0.1, 0.15) is 11.6 Å². The Morgan fingerprint density at radius 3 is 2.78 bits per heavy atom. The summed E-state index contributed by atoms with van der Waals surface area (Å²) in [5.74, 6) is 2.43. The monoisotopic (exact) mass is 303 g/mol. The summed E-state index contributed by atoms with van der Waals surface area (Å²) < 4.78 is 1.02. The highest BCUT2D eigenvalue weighted by Crippen LogP contribution is 2.40. The highest BCUT2D eigenvalue weighted by molar-refractivity contribution is 9.10. The molecule has 2 heterocycles. The predicted octanol–water partition coefficient (Wildman–Crippen LogP) is 4.17. The summed E-state index contributed by atoms with van der Waals surface area (Å²) in [6, 6.07) is 8.16. The third-order valence-electron chi connectivity index (χ3n) is 3.01. The fourth-order valence-electron chi connectivity index (χ4n) is 2.01. The van der Waals surface area contributed by atoms with E-state index in [-0.39, 0.29) is 0 Å². The van der Waals surface area contributed by atoms with Crippen LogP contribution in [0.5, 0.6) is 0 Å². The molecule has 1 aliphatic carbocycles. The van der Waals surface area contributed by atoms with Gasteiger partial charge in [-0.1, -0.05) is 15.9 Å². The van der Waals surface area contributed by atoms with Gasteiger partial charge in [0.15, 0.2) is 0 Å². The molecule has 18 heavy (non-hydrogen) atoms. The van der Waals surface area contributed by atoms with Crippen LogP contribution in [0.4, 0.5) is 11.6 Å². The van der Waals surface area contributed by atoms with Crippen LogP contribution >= 0.6 is 15.9 Å². The third-order valence-corrected chi connectivity index (χ3v) is 3.46. The third kappa shape index (κ3) is 2.70. The second-order valence-electron chi connectivity index (χ2n) is 4.69. The summed E-state index contributed by atoms with van der Waals surface area (Å²) in [6.07, 6.45) is 4.47. The Balaban J connectivity index is 1.84. The van der Waals surface area contributed by atoms with Gasteiger partial charge in [0.25, 0.3) is 0 Å². The van der Waals surface area contributed by atoms with Gasteiger partial charge in [-0.15, -0.1) is 0 Å². The number of aromatic nitrogens is 2. The van der Waals surface area contributed by atoms with E-state index in [9.17, 15) is 0 Å². The highest BCUT2D eigenvalue weighted by Gasteiger charge is 2.23. The molecule has 0 aromatic carbocycles. The summed E-state index contributed by atoms with van der Waals surface area (Å²) in [5.41, 5.74) is 2.35. The van der Waals surface area contributed by atoms with Crippen LogP contribution in [0.15, 0.2) is 34.9 Å². The molecule has 2 aromatic rings. The predicted molar refractivity (Wildman–Crippen MR) is 76.2 cm³/mol. The molecule has 3 rings (SSSR count). The van der Waals surface area contributed by atoms with E-state index in [1.165, 1.54) is 18.4 Å². The van der Waals surface area contributed by atoms with Gasteiger partial charge in [-0.25, -0.2) is 9.97 Å². The summed E-state index contributed by atoms with van der Waals surface area (Å²) in [4.78, 5) is 8.78. The lowest BCUT2D eigenvalue weighted by Gasteiger charge is -2.07. The quantitative estimate of drug-likeness (QED) is 0.925. The van der Waals surface area contributed by atoms with Gasteiger partial charge < -0.3 is 5.32 Å². The Bertz CT molecular complexity index is 559. The maximum absolute atomic E-state index is 4.44. The average Bonchev–Trinajstić information content (AvgIpc) is 3.11. The SMILES string of the molecule is Cc1cc(Br)cc(Nc2cc(C3CC3)ccn2)n1. The number of hydrogen-bond donors (Lipinski definition) is 1. The van der Waals surface area contributed by atoms with Crippen molar-refractivity contribution < 1.29 is 0 Å². The lowest BCUT2D eigenvalue weighted by molar-refractivity contribution is 1.10. The molecular weight excluding hydrogens is 290 g/mol. The van der Waals surface area contributed by atoms with Crippen molar-refractivity contribution in [2.45, 2.75) is 25.7 Å². The molecule has 0 atom stereocenters.